The Hall–Kier alpha value is -3.76. The number of carbonyl (C=O) groups excluding carboxylic acids is 2. The molecule has 0 saturated heterocycles. The number of hydrogen-bond donors (Lipinski definition) is 1. The molecule has 3 aromatic rings. The number of nitrogens with zero attached hydrogens (tertiary/aromatic N) is 2. The molecule has 0 atom stereocenters. The predicted molar refractivity (Wildman–Crippen MR) is 93.3 cm³/mol. The average Bonchev–Trinajstić information content (AvgIpc) is 3.20. The number of rotatable bonds is 5. The van der Waals surface area contributed by atoms with Gasteiger partial charge in [-0.15, -0.1) is 0 Å². The van der Waals surface area contributed by atoms with Gasteiger partial charge in [-0.1, -0.05) is 0 Å². The molecule has 156 valence electrons. The first-order valence-electron chi connectivity index (χ1n) is 8.26. The molecule has 0 aliphatic rings. The van der Waals surface area contributed by atoms with Gasteiger partial charge in [-0.25, -0.2) is 26.7 Å². The van der Waals surface area contributed by atoms with E-state index in [4.69, 9.17) is 0 Å². The highest BCUT2D eigenvalue weighted by atomic mass is 19.2. The van der Waals surface area contributed by atoms with Crippen molar-refractivity contribution in [1.29, 1.82) is 0 Å². The minimum absolute atomic E-state index is 0.0269. The zero-order valence-corrected chi connectivity index (χ0v) is 15.2. The van der Waals surface area contributed by atoms with Gasteiger partial charge in [0.25, 0.3) is 5.91 Å². The molecule has 11 heteroatoms. The van der Waals surface area contributed by atoms with Crippen LogP contribution in [-0.4, -0.2) is 28.8 Å². The van der Waals surface area contributed by atoms with Crippen LogP contribution >= 0.6 is 0 Å². The minimum atomic E-state index is -2.25. The molecule has 0 aliphatic carbocycles. The number of benzene rings is 2. The summed E-state index contributed by atoms with van der Waals surface area (Å²) < 4.78 is 72.7. The third-order valence-electron chi connectivity index (χ3n) is 4.07. The summed E-state index contributed by atoms with van der Waals surface area (Å²) >= 11 is 0. The largest absolute Gasteiger partial charge is 0.465 e. The molecule has 1 amide bonds. The summed E-state index contributed by atoms with van der Waals surface area (Å²) in [4.78, 5) is 23.6. The van der Waals surface area contributed by atoms with E-state index in [-0.39, 0.29) is 16.9 Å². The van der Waals surface area contributed by atoms with E-state index < -0.39 is 53.1 Å². The quantitative estimate of drug-likeness (QED) is 0.293. The lowest BCUT2D eigenvalue weighted by atomic mass is 10.1. The normalized spacial score (nSPS) is 10.7. The lowest BCUT2D eigenvalue weighted by Gasteiger charge is -2.08. The summed E-state index contributed by atoms with van der Waals surface area (Å²) in [6, 6.07) is 6.76. The Morgan fingerprint density at radius 2 is 1.43 bits per heavy atom. The zero-order chi connectivity index (χ0) is 22.0. The van der Waals surface area contributed by atoms with Crippen LogP contribution in [0, 0.1) is 29.1 Å². The summed E-state index contributed by atoms with van der Waals surface area (Å²) in [6.07, 6.45) is 1.19. The molecule has 0 aliphatic heterocycles. The van der Waals surface area contributed by atoms with Crippen molar-refractivity contribution in [2.45, 2.75) is 6.54 Å². The maximum absolute atomic E-state index is 13.8. The van der Waals surface area contributed by atoms with Crippen molar-refractivity contribution >= 4 is 17.7 Å². The van der Waals surface area contributed by atoms with Gasteiger partial charge in [0.15, 0.2) is 29.1 Å². The molecule has 3 rings (SSSR count). The second-order valence-electron chi connectivity index (χ2n) is 5.97. The van der Waals surface area contributed by atoms with Crippen LogP contribution in [0.5, 0.6) is 0 Å². The van der Waals surface area contributed by atoms with Crippen LogP contribution < -0.4 is 5.32 Å². The molecule has 0 bridgehead atoms. The zero-order valence-electron chi connectivity index (χ0n) is 15.2. The first-order valence-corrected chi connectivity index (χ1v) is 8.26. The van der Waals surface area contributed by atoms with Crippen molar-refractivity contribution in [3.05, 3.63) is 82.3 Å². The number of halogens is 5. The minimum Gasteiger partial charge on any atom is -0.465 e. The van der Waals surface area contributed by atoms with Crippen molar-refractivity contribution in [2.24, 2.45) is 0 Å². The van der Waals surface area contributed by atoms with Gasteiger partial charge in [0.05, 0.1) is 24.8 Å². The van der Waals surface area contributed by atoms with Crippen molar-refractivity contribution in [3.8, 4) is 0 Å². The summed E-state index contributed by atoms with van der Waals surface area (Å²) in [5.41, 5.74) is -0.649. The van der Waals surface area contributed by atoms with Gasteiger partial charge in [0.2, 0.25) is 5.82 Å². The predicted octanol–water partition coefficient (Wildman–Crippen LogP) is 3.67. The number of ether oxygens (including phenoxy) is 1. The highest BCUT2D eigenvalue weighted by molar-refractivity contribution is 6.04. The first kappa shape index (κ1) is 21.0. The van der Waals surface area contributed by atoms with E-state index >= 15 is 0 Å². The number of aromatic nitrogens is 2. The van der Waals surface area contributed by atoms with Crippen molar-refractivity contribution in [2.75, 3.05) is 12.4 Å². The van der Waals surface area contributed by atoms with Gasteiger partial charge >= 0.3 is 5.97 Å². The van der Waals surface area contributed by atoms with Crippen LogP contribution in [0.2, 0.25) is 0 Å². The molecule has 1 heterocycles. The fraction of sp³-hybridized carbons (Fsp3) is 0.105. The van der Waals surface area contributed by atoms with Crippen LogP contribution in [0.4, 0.5) is 27.8 Å². The Bertz CT molecular complexity index is 1100. The molecular weight excluding hydrogens is 413 g/mol. The van der Waals surface area contributed by atoms with E-state index in [1.54, 1.807) is 0 Å². The van der Waals surface area contributed by atoms with Gasteiger partial charge < -0.3 is 10.1 Å². The average molecular weight is 425 g/mol. The molecular formula is C19H12F5N3O3. The van der Waals surface area contributed by atoms with Gasteiger partial charge in [0.1, 0.15) is 0 Å². The van der Waals surface area contributed by atoms with Gasteiger partial charge in [-0.3, -0.25) is 9.48 Å². The number of nitrogens with one attached hydrogen (secondary N) is 1. The van der Waals surface area contributed by atoms with Crippen LogP contribution in [-0.2, 0) is 11.3 Å². The van der Waals surface area contributed by atoms with Gasteiger partial charge in [-0.05, 0) is 24.3 Å². The molecule has 0 saturated carbocycles. The summed E-state index contributed by atoms with van der Waals surface area (Å²) in [5.74, 6) is -11.5. The number of anilines is 1. The topological polar surface area (TPSA) is 73.2 Å². The Balaban J connectivity index is 1.75. The molecule has 0 radical (unpaired) electrons. The number of amides is 1. The third-order valence-corrected chi connectivity index (χ3v) is 4.07. The smallest absolute Gasteiger partial charge is 0.337 e. The maximum atomic E-state index is 13.8. The molecule has 0 spiro atoms. The third kappa shape index (κ3) is 4.00. The monoisotopic (exact) mass is 425 g/mol. The molecule has 1 aromatic heterocycles. The second kappa shape index (κ2) is 8.31. The van der Waals surface area contributed by atoms with E-state index in [0.29, 0.717) is 0 Å². The lowest BCUT2D eigenvalue weighted by molar-refractivity contribution is 0.0600. The van der Waals surface area contributed by atoms with Crippen LogP contribution in [0.1, 0.15) is 26.3 Å². The summed E-state index contributed by atoms with van der Waals surface area (Å²) in [5, 5.41) is 6.24. The van der Waals surface area contributed by atoms with Crippen LogP contribution in [0.3, 0.4) is 0 Å². The van der Waals surface area contributed by atoms with E-state index in [9.17, 15) is 31.5 Å². The SMILES string of the molecule is COC(=O)c1ccc(C(=O)Nc2ccn(Cc3c(F)c(F)c(F)c(F)c3F)n2)cc1. The number of hydrogen-bond acceptors (Lipinski definition) is 4. The Morgan fingerprint density at radius 3 is 2.00 bits per heavy atom. The fourth-order valence-corrected chi connectivity index (χ4v) is 2.53. The standard InChI is InChI=1S/C19H12F5N3O3/c1-30-19(29)10-4-2-9(3-5-10)18(28)25-12-6-7-27(26-12)8-11-13(20)15(22)17(24)16(23)14(11)21/h2-7H,8H2,1H3,(H,25,26,28). The van der Waals surface area contributed by atoms with Crippen molar-refractivity contribution in [1.82, 2.24) is 9.78 Å². The molecule has 30 heavy (non-hydrogen) atoms. The molecule has 2 aromatic carbocycles. The summed E-state index contributed by atoms with van der Waals surface area (Å²) in [7, 11) is 1.21. The molecule has 0 unspecified atom stereocenters. The first-order chi connectivity index (χ1) is 14.2. The van der Waals surface area contributed by atoms with Gasteiger partial charge in [-0.2, -0.15) is 5.10 Å². The highest BCUT2D eigenvalue weighted by Gasteiger charge is 2.26. The van der Waals surface area contributed by atoms with Crippen molar-refractivity contribution in [3.63, 3.8) is 0 Å². The van der Waals surface area contributed by atoms with E-state index in [1.165, 1.54) is 43.6 Å². The van der Waals surface area contributed by atoms with Crippen molar-refractivity contribution < 1.29 is 36.3 Å². The van der Waals surface area contributed by atoms with E-state index in [1.807, 2.05) is 0 Å². The fourth-order valence-electron chi connectivity index (χ4n) is 2.53. The lowest BCUT2D eigenvalue weighted by Crippen LogP contribution is -2.14. The number of carbonyl (C=O) groups is 2. The Labute approximate surface area is 165 Å². The maximum Gasteiger partial charge on any atom is 0.337 e. The van der Waals surface area contributed by atoms with Crippen LogP contribution in [0.15, 0.2) is 36.5 Å². The molecule has 6 nitrogen and oxygen atoms in total. The Morgan fingerprint density at radius 1 is 0.900 bits per heavy atom. The highest BCUT2D eigenvalue weighted by Crippen LogP contribution is 2.24. The molecule has 0 fully saturated rings. The Kier molecular flexibility index (Phi) is 5.81. The summed E-state index contributed by atoms with van der Waals surface area (Å²) in [6.45, 7) is -0.754. The number of methoxy groups -OCH3 is 1. The van der Waals surface area contributed by atoms with E-state index in [2.05, 4.69) is 15.2 Å². The van der Waals surface area contributed by atoms with Crippen LogP contribution in [0.25, 0.3) is 0 Å². The molecule has 1 N–H and O–H groups in total. The number of esters is 1. The second-order valence-corrected chi connectivity index (χ2v) is 5.97. The van der Waals surface area contributed by atoms with E-state index in [0.717, 1.165) is 4.68 Å². The van der Waals surface area contributed by atoms with Gasteiger partial charge in [0, 0.05) is 17.8 Å².